The Morgan fingerprint density at radius 3 is 2.62 bits per heavy atom. The van der Waals surface area contributed by atoms with Crippen LogP contribution in [0.1, 0.15) is 32.3 Å². The third-order valence-electron chi connectivity index (χ3n) is 4.52. The molecule has 0 amide bonds. The molecule has 1 aromatic carbocycles. The number of benzene rings is 1. The highest BCUT2D eigenvalue weighted by Crippen LogP contribution is 2.16. The normalized spacial score (nSPS) is 21.0. The fraction of sp³-hybridized carbons (Fsp3) is 0.667. The van der Waals surface area contributed by atoms with Crippen LogP contribution in [0.5, 0.6) is 0 Å². The molecular weight excluding hydrogens is 260 g/mol. The van der Waals surface area contributed by atoms with E-state index in [0.29, 0.717) is 18.7 Å². The predicted octanol–water partition coefficient (Wildman–Crippen LogP) is 2.40. The number of aryl methyl sites for hydroxylation is 1. The summed E-state index contributed by atoms with van der Waals surface area (Å²) in [6, 6.07) is 11.8. The van der Waals surface area contributed by atoms with Gasteiger partial charge < -0.3 is 10.0 Å². The van der Waals surface area contributed by atoms with E-state index in [9.17, 15) is 5.11 Å². The van der Waals surface area contributed by atoms with Gasteiger partial charge in [0.15, 0.2) is 0 Å². The van der Waals surface area contributed by atoms with Crippen molar-refractivity contribution in [3.63, 3.8) is 0 Å². The van der Waals surface area contributed by atoms with Crippen LogP contribution in [0.3, 0.4) is 0 Å². The summed E-state index contributed by atoms with van der Waals surface area (Å²) in [7, 11) is 0. The molecule has 0 spiro atoms. The predicted molar refractivity (Wildman–Crippen MR) is 88.5 cm³/mol. The van der Waals surface area contributed by atoms with E-state index in [1.807, 2.05) is 0 Å². The Labute approximate surface area is 129 Å². The average Bonchev–Trinajstić information content (AvgIpc) is 2.49. The monoisotopic (exact) mass is 290 g/mol. The lowest BCUT2D eigenvalue weighted by Gasteiger charge is -2.43. The number of aliphatic hydroxyl groups is 1. The van der Waals surface area contributed by atoms with Gasteiger partial charge in [-0.1, -0.05) is 30.3 Å². The lowest BCUT2D eigenvalue weighted by atomic mass is 10.1. The molecule has 1 atom stereocenters. The zero-order chi connectivity index (χ0) is 15.1. The van der Waals surface area contributed by atoms with Crippen LogP contribution in [0.25, 0.3) is 0 Å². The molecule has 1 aliphatic rings. The Kier molecular flexibility index (Phi) is 6.68. The summed E-state index contributed by atoms with van der Waals surface area (Å²) in [5.41, 5.74) is 1.44. The van der Waals surface area contributed by atoms with Crippen LogP contribution in [-0.2, 0) is 6.42 Å². The second-order valence-electron chi connectivity index (χ2n) is 6.39. The molecule has 0 aliphatic carbocycles. The van der Waals surface area contributed by atoms with Crippen LogP contribution in [-0.4, -0.2) is 59.8 Å². The highest BCUT2D eigenvalue weighted by molar-refractivity contribution is 5.14. The summed E-state index contributed by atoms with van der Waals surface area (Å²) < 4.78 is 0. The highest BCUT2D eigenvalue weighted by atomic mass is 16.3. The number of piperazine rings is 1. The minimum atomic E-state index is 0.297. The highest BCUT2D eigenvalue weighted by Gasteiger charge is 2.27. The van der Waals surface area contributed by atoms with Crippen LogP contribution >= 0.6 is 0 Å². The van der Waals surface area contributed by atoms with Gasteiger partial charge in [0.25, 0.3) is 0 Å². The van der Waals surface area contributed by atoms with E-state index >= 15 is 0 Å². The number of hydrogen-bond acceptors (Lipinski definition) is 3. The molecule has 3 nitrogen and oxygen atoms in total. The van der Waals surface area contributed by atoms with Crippen molar-refractivity contribution in [1.82, 2.24) is 9.80 Å². The number of hydrogen-bond donors (Lipinski definition) is 1. The van der Waals surface area contributed by atoms with Crippen molar-refractivity contribution in [2.75, 3.05) is 32.8 Å². The Hall–Kier alpha value is -0.900. The van der Waals surface area contributed by atoms with Crippen LogP contribution in [0.15, 0.2) is 30.3 Å². The molecule has 0 aromatic heterocycles. The summed E-state index contributed by atoms with van der Waals surface area (Å²) in [5, 5.41) is 9.28. The molecule has 1 N–H and O–H groups in total. The van der Waals surface area contributed by atoms with Crippen LogP contribution in [0.4, 0.5) is 0 Å². The molecule has 118 valence electrons. The third-order valence-corrected chi connectivity index (χ3v) is 4.52. The first-order valence-corrected chi connectivity index (χ1v) is 8.33. The Balaban J connectivity index is 1.77. The van der Waals surface area contributed by atoms with E-state index in [-0.39, 0.29) is 0 Å². The first kappa shape index (κ1) is 16.5. The summed E-state index contributed by atoms with van der Waals surface area (Å²) >= 11 is 0. The lowest BCUT2D eigenvalue weighted by molar-refractivity contribution is 0.0379. The van der Waals surface area contributed by atoms with E-state index in [1.54, 1.807) is 0 Å². The first-order chi connectivity index (χ1) is 10.2. The molecule has 1 saturated heterocycles. The van der Waals surface area contributed by atoms with E-state index in [4.69, 9.17) is 0 Å². The summed E-state index contributed by atoms with van der Waals surface area (Å²) in [5.74, 6) is 0. The minimum Gasteiger partial charge on any atom is -0.396 e. The molecule has 2 rings (SSSR count). The van der Waals surface area contributed by atoms with Crippen molar-refractivity contribution in [2.24, 2.45) is 0 Å². The molecule has 1 heterocycles. The van der Waals surface area contributed by atoms with Gasteiger partial charge in [0.1, 0.15) is 0 Å². The Bertz CT molecular complexity index is 393. The van der Waals surface area contributed by atoms with Gasteiger partial charge in [0.05, 0.1) is 0 Å². The van der Waals surface area contributed by atoms with Gasteiger partial charge in [0, 0.05) is 38.3 Å². The van der Waals surface area contributed by atoms with Crippen molar-refractivity contribution in [1.29, 1.82) is 0 Å². The van der Waals surface area contributed by atoms with Gasteiger partial charge in [0.2, 0.25) is 0 Å². The third kappa shape index (κ3) is 5.10. The number of aliphatic hydroxyl groups excluding tert-OH is 1. The topological polar surface area (TPSA) is 26.7 Å². The summed E-state index contributed by atoms with van der Waals surface area (Å²) in [6.45, 7) is 9.38. The minimum absolute atomic E-state index is 0.297. The molecule has 21 heavy (non-hydrogen) atoms. The van der Waals surface area contributed by atoms with Gasteiger partial charge in [-0.05, 0) is 45.2 Å². The van der Waals surface area contributed by atoms with Crippen molar-refractivity contribution in [3.05, 3.63) is 35.9 Å². The van der Waals surface area contributed by atoms with Crippen molar-refractivity contribution < 1.29 is 5.11 Å². The Morgan fingerprint density at radius 1 is 1.19 bits per heavy atom. The van der Waals surface area contributed by atoms with E-state index < -0.39 is 0 Å². The Morgan fingerprint density at radius 2 is 1.95 bits per heavy atom. The molecular formula is C18H30N2O. The van der Waals surface area contributed by atoms with Gasteiger partial charge in [-0.25, -0.2) is 0 Å². The zero-order valence-corrected chi connectivity index (χ0v) is 13.5. The van der Waals surface area contributed by atoms with Gasteiger partial charge in [-0.2, -0.15) is 0 Å². The van der Waals surface area contributed by atoms with Crippen LogP contribution in [0, 0.1) is 0 Å². The lowest BCUT2D eigenvalue weighted by Crippen LogP contribution is -2.55. The first-order valence-electron chi connectivity index (χ1n) is 8.33. The molecule has 0 bridgehead atoms. The quantitative estimate of drug-likeness (QED) is 0.835. The van der Waals surface area contributed by atoms with Crippen molar-refractivity contribution in [3.8, 4) is 0 Å². The zero-order valence-electron chi connectivity index (χ0n) is 13.5. The van der Waals surface area contributed by atoms with E-state index in [0.717, 1.165) is 32.5 Å². The van der Waals surface area contributed by atoms with Crippen LogP contribution in [0.2, 0.25) is 0 Å². The molecule has 0 unspecified atom stereocenters. The number of rotatable bonds is 7. The maximum atomic E-state index is 9.28. The fourth-order valence-corrected chi connectivity index (χ4v) is 3.37. The van der Waals surface area contributed by atoms with Gasteiger partial charge in [-0.3, -0.25) is 4.90 Å². The van der Waals surface area contributed by atoms with Crippen LogP contribution < -0.4 is 0 Å². The molecule has 3 heteroatoms. The molecule has 1 aliphatic heterocycles. The molecule has 0 radical (unpaired) electrons. The maximum absolute atomic E-state index is 9.28. The second kappa shape index (κ2) is 8.52. The number of nitrogens with zero attached hydrogens (tertiary/aromatic N) is 2. The molecule has 1 fully saturated rings. The largest absolute Gasteiger partial charge is 0.396 e. The molecule has 0 saturated carbocycles. The van der Waals surface area contributed by atoms with Gasteiger partial charge in [-0.15, -0.1) is 0 Å². The fourth-order valence-electron chi connectivity index (χ4n) is 3.37. The smallest absolute Gasteiger partial charge is 0.0446 e. The maximum Gasteiger partial charge on any atom is 0.0446 e. The standard InChI is InChI=1S/C18H30N2O/c1-16(2)20-13-12-19(15-18(20)10-14-21)11-6-9-17-7-4-3-5-8-17/h3-5,7-8,16,18,21H,6,9-15H2,1-2H3/t18-/m1/s1. The van der Waals surface area contributed by atoms with E-state index in [2.05, 4.69) is 54.0 Å². The van der Waals surface area contributed by atoms with Crippen molar-refractivity contribution >= 4 is 0 Å². The van der Waals surface area contributed by atoms with Crippen molar-refractivity contribution in [2.45, 2.75) is 45.2 Å². The summed E-state index contributed by atoms with van der Waals surface area (Å²) in [6.07, 6.45) is 3.28. The SMILES string of the molecule is CC(C)N1CCN(CCCc2ccccc2)C[C@H]1CCO. The molecule has 1 aromatic rings. The van der Waals surface area contributed by atoms with E-state index in [1.165, 1.54) is 18.5 Å². The van der Waals surface area contributed by atoms with Gasteiger partial charge >= 0.3 is 0 Å². The average molecular weight is 290 g/mol. The second-order valence-corrected chi connectivity index (χ2v) is 6.39. The summed E-state index contributed by atoms with van der Waals surface area (Å²) in [4.78, 5) is 5.12.